The SMILES string of the molecule is Cc1ccc(C(=O)N2CC[C@@](O)(CN3CCCC3)C2)cc1F. The van der Waals surface area contributed by atoms with Crippen LogP contribution in [0.1, 0.15) is 35.2 Å². The zero-order chi connectivity index (χ0) is 15.7. The van der Waals surface area contributed by atoms with Crippen molar-refractivity contribution in [2.45, 2.75) is 31.8 Å². The van der Waals surface area contributed by atoms with Crippen LogP contribution in [0.5, 0.6) is 0 Å². The molecule has 2 heterocycles. The minimum absolute atomic E-state index is 0.198. The monoisotopic (exact) mass is 306 g/mol. The molecule has 22 heavy (non-hydrogen) atoms. The second-order valence-corrected chi connectivity index (χ2v) is 6.65. The Hall–Kier alpha value is -1.46. The standard InChI is InChI=1S/C17H23FN2O2/c1-13-4-5-14(10-15(13)18)16(21)20-9-6-17(22,12-20)11-19-7-2-3-8-19/h4-5,10,22H,2-3,6-9,11-12H2,1H3/t17-/m1/s1. The first-order valence-electron chi connectivity index (χ1n) is 7.97. The summed E-state index contributed by atoms with van der Waals surface area (Å²) in [5, 5.41) is 10.7. The molecule has 1 amide bonds. The molecule has 0 radical (unpaired) electrons. The van der Waals surface area contributed by atoms with Crippen LogP contribution >= 0.6 is 0 Å². The summed E-state index contributed by atoms with van der Waals surface area (Å²) in [4.78, 5) is 16.4. The second kappa shape index (κ2) is 5.97. The highest BCUT2D eigenvalue weighted by Gasteiger charge is 2.40. The average Bonchev–Trinajstić information content (AvgIpc) is 3.11. The smallest absolute Gasteiger partial charge is 0.254 e. The lowest BCUT2D eigenvalue weighted by molar-refractivity contribution is 0.0175. The minimum Gasteiger partial charge on any atom is -0.387 e. The van der Waals surface area contributed by atoms with Gasteiger partial charge in [-0.15, -0.1) is 0 Å². The van der Waals surface area contributed by atoms with Crippen LogP contribution in [0.2, 0.25) is 0 Å². The zero-order valence-electron chi connectivity index (χ0n) is 13.0. The van der Waals surface area contributed by atoms with Crippen molar-refractivity contribution in [3.8, 4) is 0 Å². The maximum atomic E-state index is 13.6. The Morgan fingerprint density at radius 1 is 1.32 bits per heavy atom. The minimum atomic E-state index is -0.830. The van der Waals surface area contributed by atoms with E-state index >= 15 is 0 Å². The summed E-state index contributed by atoms with van der Waals surface area (Å²) in [6.07, 6.45) is 2.95. The summed E-state index contributed by atoms with van der Waals surface area (Å²) in [7, 11) is 0. The summed E-state index contributed by atoms with van der Waals surface area (Å²) in [5.41, 5.74) is 0.0560. The van der Waals surface area contributed by atoms with Gasteiger partial charge in [0.25, 0.3) is 5.91 Å². The average molecular weight is 306 g/mol. The number of hydrogen-bond acceptors (Lipinski definition) is 3. The number of aliphatic hydroxyl groups is 1. The van der Waals surface area contributed by atoms with E-state index in [9.17, 15) is 14.3 Å². The highest BCUT2D eigenvalue weighted by atomic mass is 19.1. The summed E-state index contributed by atoms with van der Waals surface area (Å²) >= 11 is 0. The largest absolute Gasteiger partial charge is 0.387 e. The van der Waals surface area contributed by atoms with Crippen molar-refractivity contribution in [3.63, 3.8) is 0 Å². The molecule has 120 valence electrons. The Bertz CT molecular complexity index is 572. The molecule has 1 aromatic carbocycles. The Labute approximate surface area is 130 Å². The molecule has 3 rings (SSSR count). The van der Waals surface area contributed by atoms with Crippen LogP contribution in [0.25, 0.3) is 0 Å². The van der Waals surface area contributed by atoms with Crippen molar-refractivity contribution in [2.24, 2.45) is 0 Å². The maximum Gasteiger partial charge on any atom is 0.254 e. The Balaban J connectivity index is 1.65. The summed E-state index contributed by atoms with van der Waals surface area (Å²) < 4.78 is 13.6. The van der Waals surface area contributed by atoms with Crippen molar-refractivity contribution >= 4 is 5.91 Å². The van der Waals surface area contributed by atoms with Crippen molar-refractivity contribution in [2.75, 3.05) is 32.7 Å². The number of aryl methyl sites for hydroxylation is 1. The van der Waals surface area contributed by atoms with Crippen LogP contribution in [0, 0.1) is 12.7 Å². The van der Waals surface area contributed by atoms with E-state index < -0.39 is 5.60 Å². The van der Waals surface area contributed by atoms with Crippen molar-refractivity contribution in [1.82, 2.24) is 9.80 Å². The number of benzene rings is 1. The lowest BCUT2D eigenvalue weighted by atomic mass is 10.0. The van der Waals surface area contributed by atoms with Gasteiger partial charge in [-0.05, 0) is 57.0 Å². The molecule has 0 saturated carbocycles. The fraction of sp³-hybridized carbons (Fsp3) is 0.588. The first-order chi connectivity index (χ1) is 10.5. The number of rotatable bonds is 3. The lowest BCUT2D eigenvalue weighted by Crippen LogP contribution is -2.45. The molecule has 0 aromatic heterocycles. The number of amides is 1. The first-order valence-corrected chi connectivity index (χ1v) is 7.97. The van der Waals surface area contributed by atoms with Crippen LogP contribution in [0.4, 0.5) is 4.39 Å². The number of nitrogens with zero attached hydrogens (tertiary/aromatic N) is 2. The van der Waals surface area contributed by atoms with Crippen LogP contribution < -0.4 is 0 Å². The van der Waals surface area contributed by atoms with Crippen LogP contribution in [0.15, 0.2) is 18.2 Å². The van der Waals surface area contributed by atoms with Gasteiger partial charge >= 0.3 is 0 Å². The zero-order valence-corrected chi connectivity index (χ0v) is 13.0. The predicted molar refractivity (Wildman–Crippen MR) is 82.3 cm³/mol. The molecule has 1 aromatic rings. The fourth-order valence-electron chi connectivity index (χ4n) is 3.42. The van der Waals surface area contributed by atoms with E-state index in [1.807, 2.05) is 0 Å². The van der Waals surface area contributed by atoms with E-state index in [0.717, 1.165) is 13.1 Å². The van der Waals surface area contributed by atoms with E-state index in [2.05, 4.69) is 4.90 Å². The fourth-order valence-corrected chi connectivity index (χ4v) is 3.42. The lowest BCUT2D eigenvalue weighted by Gasteiger charge is -2.28. The summed E-state index contributed by atoms with van der Waals surface area (Å²) in [5.74, 6) is -0.561. The molecule has 0 spiro atoms. The van der Waals surface area contributed by atoms with Crippen LogP contribution in [0.3, 0.4) is 0 Å². The number of β-amino-alcohol motifs (C(OH)–C–C–N with tert-alkyl or cyclic N) is 1. The normalized spacial score (nSPS) is 25.9. The van der Waals surface area contributed by atoms with Gasteiger partial charge in [-0.2, -0.15) is 0 Å². The summed E-state index contributed by atoms with van der Waals surface area (Å²) in [6.45, 7) is 5.21. The number of halogens is 1. The molecular weight excluding hydrogens is 283 g/mol. The van der Waals surface area contributed by atoms with Gasteiger partial charge in [0.15, 0.2) is 0 Å². The third-order valence-corrected chi connectivity index (χ3v) is 4.75. The molecule has 2 aliphatic rings. The first kappa shape index (κ1) is 15.4. The van der Waals surface area contributed by atoms with Crippen molar-refractivity contribution in [3.05, 3.63) is 35.1 Å². The molecule has 0 unspecified atom stereocenters. The predicted octanol–water partition coefficient (Wildman–Crippen LogP) is 1.81. The van der Waals surface area contributed by atoms with E-state index in [1.165, 1.54) is 18.9 Å². The molecule has 2 aliphatic heterocycles. The number of carbonyl (C=O) groups excluding carboxylic acids is 1. The highest BCUT2D eigenvalue weighted by Crippen LogP contribution is 2.26. The second-order valence-electron chi connectivity index (χ2n) is 6.65. The molecule has 4 nitrogen and oxygen atoms in total. The molecular formula is C17H23FN2O2. The van der Waals surface area contributed by atoms with Crippen molar-refractivity contribution in [1.29, 1.82) is 0 Å². The van der Waals surface area contributed by atoms with Crippen LogP contribution in [-0.2, 0) is 0 Å². The molecule has 1 atom stereocenters. The molecule has 2 fully saturated rings. The number of likely N-dealkylation sites (tertiary alicyclic amines) is 2. The topological polar surface area (TPSA) is 43.8 Å². The Morgan fingerprint density at radius 3 is 2.73 bits per heavy atom. The van der Waals surface area contributed by atoms with Gasteiger partial charge in [-0.25, -0.2) is 4.39 Å². The van der Waals surface area contributed by atoms with Gasteiger partial charge in [0.1, 0.15) is 5.82 Å². The Kier molecular flexibility index (Phi) is 4.19. The van der Waals surface area contributed by atoms with E-state index in [4.69, 9.17) is 0 Å². The summed E-state index contributed by atoms with van der Waals surface area (Å²) in [6, 6.07) is 4.56. The number of carbonyl (C=O) groups is 1. The molecule has 0 aliphatic carbocycles. The highest BCUT2D eigenvalue weighted by molar-refractivity contribution is 5.94. The van der Waals surface area contributed by atoms with Gasteiger partial charge in [-0.3, -0.25) is 4.79 Å². The van der Waals surface area contributed by atoms with Crippen molar-refractivity contribution < 1.29 is 14.3 Å². The van der Waals surface area contributed by atoms with Gasteiger partial charge < -0.3 is 14.9 Å². The molecule has 2 saturated heterocycles. The maximum absolute atomic E-state index is 13.6. The Morgan fingerprint density at radius 2 is 2.05 bits per heavy atom. The van der Waals surface area contributed by atoms with E-state index in [1.54, 1.807) is 24.0 Å². The molecule has 5 heteroatoms. The third-order valence-electron chi connectivity index (χ3n) is 4.75. The molecule has 0 bridgehead atoms. The molecule has 1 N–H and O–H groups in total. The quantitative estimate of drug-likeness (QED) is 0.926. The van der Waals surface area contributed by atoms with Gasteiger partial charge in [0.2, 0.25) is 0 Å². The number of hydrogen-bond donors (Lipinski definition) is 1. The van der Waals surface area contributed by atoms with E-state index in [-0.39, 0.29) is 11.7 Å². The third kappa shape index (κ3) is 3.15. The van der Waals surface area contributed by atoms with E-state index in [0.29, 0.717) is 37.2 Å². The van der Waals surface area contributed by atoms with Gasteiger partial charge in [0.05, 0.1) is 12.1 Å². The van der Waals surface area contributed by atoms with Gasteiger partial charge in [-0.1, -0.05) is 6.07 Å². The van der Waals surface area contributed by atoms with Gasteiger partial charge in [0, 0.05) is 18.7 Å². The van der Waals surface area contributed by atoms with Crippen LogP contribution in [-0.4, -0.2) is 59.1 Å².